The van der Waals surface area contributed by atoms with E-state index in [9.17, 15) is 33.6 Å². The summed E-state index contributed by atoms with van der Waals surface area (Å²) < 4.78 is 39.6. The summed E-state index contributed by atoms with van der Waals surface area (Å²) in [6.45, 7) is 24.0. The summed E-state index contributed by atoms with van der Waals surface area (Å²) in [6, 6.07) is 7.29. The van der Waals surface area contributed by atoms with E-state index in [0.29, 0.717) is 93.1 Å². The molecule has 3 unspecified atom stereocenters. The largest absolute Gasteiger partial charge is 0.534 e. The maximum atomic E-state index is 11.7. The SMILES string of the molecule is C.C.CC(C)(C)OC(=O)NCCOC(=O)ON1C(=O)CCC1=O.CCC(C)CN.CCC(CN)CC(C)CNC(=O)OCCOCCOCCOCCNC(=O)OC(C)(C)C.O=C(CNS)n1nnc2ccccc21. The lowest BCUT2D eigenvalue weighted by atomic mass is 9.94. The van der Waals surface area contributed by atoms with Gasteiger partial charge in [0, 0.05) is 25.9 Å². The van der Waals surface area contributed by atoms with Crippen molar-refractivity contribution in [3.05, 3.63) is 24.3 Å². The summed E-state index contributed by atoms with van der Waals surface area (Å²) in [7, 11) is 0. The van der Waals surface area contributed by atoms with E-state index in [1.54, 1.807) is 32.9 Å². The summed E-state index contributed by atoms with van der Waals surface area (Å²) in [4.78, 5) is 83.9. The molecule has 434 valence electrons. The number of aromatic nitrogens is 3. The molecule has 0 radical (unpaired) electrons. The fourth-order valence-corrected chi connectivity index (χ4v) is 5.52. The number of nitrogens with one attached hydrogen (secondary N) is 4. The van der Waals surface area contributed by atoms with E-state index in [2.05, 4.69) is 81.1 Å². The lowest BCUT2D eigenvalue weighted by molar-refractivity contribution is -0.177. The van der Waals surface area contributed by atoms with Crippen LogP contribution in [0.3, 0.4) is 0 Å². The van der Waals surface area contributed by atoms with Gasteiger partial charge in [0.05, 0.1) is 58.2 Å². The lowest BCUT2D eigenvalue weighted by Gasteiger charge is -2.19. The molecule has 8 N–H and O–H groups in total. The van der Waals surface area contributed by atoms with Crippen LogP contribution in [0.25, 0.3) is 11.0 Å². The van der Waals surface area contributed by atoms with E-state index in [0.717, 1.165) is 19.4 Å². The second-order valence-electron chi connectivity index (χ2n) is 18.3. The number of carbonyl (C=O) groups excluding carboxylic acids is 7. The lowest BCUT2D eigenvalue weighted by Crippen LogP contribution is -2.35. The molecule has 1 aliphatic heterocycles. The number of amides is 5. The van der Waals surface area contributed by atoms with E-state index >= 15 is 0 Å². The third kappa shape index (κ3) is 38.8. The zero-order valence-electron chi connectivity index (χ0n) is 44.5. The number of carbonyl (C=O) groups is 7. The van der Waals surface area contributed by atoms with E-state index in [1.807, 2.05) is 32.9 Å². The Morgan fingerprint density at radius 3 is 1.69 bits per heavy atom. The number of para-hydroxylation sites is 1. The Morgan fingerprint density at radius 2 is 1.21 bits per heavy atom. The van der Waals surface area contributed by atoms with Gasteiger partial charge in [-0.05, 0) is 90.9 Å². The van der Waals surface area contributed by atoms with Crippen LogP contribution < -0.4 is 32.1 Å². The van der Waals surface area contributed by atoms with E-state index in [1.165, 1.54) is 11.1 Å². The average molecular weight is 1090 g/mol. The van der Waals surface area contributed by atoms with Gasteiger partial charge in [0.1, 0.15) is 29.9 Å². The third-order valence-electron chi connectivity index (χ3n) is 9.44. The monoisotopic (exact) mass is 1090 g/mol. The number of imide groups is 1. The Kier molecular flexibility index (Phi) is 42.2. The quantitative estimate of drug-likeness (QED) is 0.0192. The number of hydrogen-bond acceptors (Lipinski definition) is 21. The van der Waals surface area contributed by atoms with Crippen molar-refractivity contribution in [2.45, 2.75) is 127 Å². The van der Waals surface area contributed by atoms with Gasteiger partial charge in [-0.1, -0.05) is 90.6 Å². The van der Waals surface area contributed by atoms with Crippen LogP contribution in [0.2, 0.25) is 0 Å². The van der Waals surface area contributed by atoms with Crippen molar-refractivity contribution in [2.24, 2.45) is 29.2 Å². The van der Waals surface area contributed by atoms with Crippen LogP contribution in [-0.2, 0) is 47.6 Å². The molecule has 0 saturated carbocycles. The third-order valence-corrected chi connectivity index (χ3v) is 9.60. The first-order chi connectivity index (χ1) is 34.5. The molecule has 5 amide bonds. The molecule has 1 aromatic heterocycles. The maximum absolute atomic E-state index is 11.7. The number of rotatable bonds is 26. The molecule has 3 rings (SSSR count). The van der Waals surface area contributed by atoms with Crippen LogP contribution in [0.5, 0.6) is 0 Å². The van der Waals surface area contributed by atoms with Crippen molar-refractivity contribution in [3.63, 3.8) is 0 Å². The predicted octanol–water partition coefficient (Wildman–Crippen LogP) is 5.80. The second-order valence-corrected chi connectivity index (χ2v) is 18.6. The number of alkyl carbamates (subject to hydrolysis) is 3. The van der Waals surface area contributed by atoms with Crippen molar-refractivity contribution in [1.29, 1.82) is 0 Å². The Bertz CT molecular complexity index is 1880. The fourth-order valence-electron chi connectivity index (χ4n) is 5.39. The smallest absolute Gasteiger partial charge is 0.447 e. The maximum Gasteiger partial charge on any atom is 0.534 e. The average Bonchev–Trinajstić information content (AvgIpc) is 3.91. The van der Waals surface area contributed by atoms with Crippen LogP contribution in [0.15, 0.2) is 24.3 Å². The highest BCUT2D eigenvalue weighted by Crippen LogP contribution is 2.15. The minimum absolute atomic E-state index is 0. The standard InChI is InChI=1S/C22H45N3O7.C12H18N2O7.C8H8N4OS.C5H13N.2CH4/c1-6-19(16-23)15-18(2)17-25-20(26)31-14-13-30-12-11-29-10-9-28-8-7-24-21(27)32-22(3,4)5;1-12(2,3)20-10(17)13-6-7-19-11(18)21-14-8(15)4-5-9(14)16;13-8(5-9-14)12-7-4-2-1-3-6(7)10-11-12;1-3-5(2)4-6;;/h18-19H,6-17,23H2,1-5H3,(H,24,27)(H,25,26);4-7H2,1-3H3,(H,13,17);1-4,9,14H,5H2;5H,3-4,6H2,1-2H3;2*1H4. The number of nitrogens with two attached hydrogens (primary N) is 2. The molecule has 75 heavy (non-hydrogen) atoms. The molecule has 1 aromatic carbocycles. The summed E-state index contributed by atoms with van der Waals surface area (Å²) >= 11 is 3.75. The van der Waals surface area contributed by atoms with Gasteiger partial charge in [-0.2, -0.15) is 4.68 Å². The molecule has 0 bridgehead atoms. The van der Waals surface area contributed by atoms with Crippen LogP contribution >= 0.6 is 12.8 Å². The summed E-state index contributed by atoms with van der Waals surface area (Å²) in [5.41, 5.74) is 11.3. The predicted molar refractivity (Wildman–Crippen MR) is 288 cm³/mol. The first kappa shape index (κ1) is 73.9. The van der Waals surface area contributed by atoms with Gasteiger partial charge in [-0.3, -0.25) is 23.9 Å². The number of fused-ring (bicyclic) bond motifs is 1. The second kappa shape index (κ2) is 42.8. The molecule has 0 aliphatic carbocycles. The van der Waals surface area contributed by atoms with Crippen molar-refractivity contribution in [3.8, 4) is 0 Å². The Labute approximate surface area is 450 Å². The molecule has 1 aliphatic rings. The molecule has 1 saturated heterocycles. The van der Waals surface area contributed by atoms with Gasteiger partial charge in [0.25, 0.3) is 17.7 Å². The molecular weight excluding hydrogens is 1000 g/mol. The summed E-state index contributed by atoms with van der Waals surface area (Å²) in [5.74, 6) is 0.187. The summed E-state index contributed by atoms with van der Waals surface area (Å²) in [5, 5.41) is 15.7. The van der Waals surface area contributed by atoms with Gasteiger partial charge in [0.15, 0.2) is 0 Å². The normalized spacial score (nSPS) is 13.0. The molecule has 0 spiro atoms. The number of thiol groups is 1. The molecule has 25 nitrogen and oxygen atoms in total. The molecular formula is C49H92N10O15S. The Morgan fingerprint density at radius 1 is 0.693 bits per heavy atom. The molecule has 1 fully saturated rings. The highest BCUT2D eigenvalue weighted by Gasteiger charge is 2.33. The Balaban J connectivity index is -0.00000103. The van der Waals surface area contributed by atoms with Gasteiger partial charge < -0.3 is 60.6 Å². The van der Waals surface area contributed by atoms with Gasteiger partial charge in [-0.15, -0.1) is 5.10 Å². The van der Waals surface area contributed by atoms with Crippen LogP contribution in [0.4, 0.5) is 19.2 Å². The number of benzene rings is 1. The zero-order valence-corrected chi connectivity index (χ0v) is 45.4. The fraction of sp³-hybridized carbons (Fsp3) is 0.735. The van der Waals surface area contributed by atoms with Crippen LogP contribution in [-0.4, -0.2) is 166 Å². The topological polar surface area (TPSA) is 327 Å². The minimum atomic E-state index is -1.19. The van der Waals surface area contributed by atoms with Gasteiger partial charge >= 0.3 is 24.4 Å². The van der Waals surface area contributed by atoms with E-state index in [-0.39, 0.29) is 59.9 Å². The minimum Gasteiger partial charge on any atom is -0.447 e. The van der Waals surface area contributed by atoms with E-state index < -0.39 is 47.5 Å². The summed E-state index contributed by atoms with van der Waals surface area (Å²) in [6.07, 6.45) is 0.523. The van der Waals surface area contributed by atoms with Crippen molar-refractivity contribution in [2.75, 3.05) is 92.1 Å². The van der Waals surface area contributed by atoms with Gasteiger partial charge in [0.2, 0.25) is 0 Å². The molecule has 2 heterocycles. The molecule has 3 atom stereocenters. The van der Waals surface area contributed by atoms with Gasteiger partial charge in [-0.25, -0.2) is 19.2 Å². The van der Waals surface area contributed by atoms with Crippen molar-refractivity contribution in [1.82, 2.24) is 40.7 Å². The van der Waals surface area contributed by atoms with Crippen LogP contribution in [0, 0.1) is 17.8 Å². The number of hydrogen-bond donors (Lipinski definition) is 7. The number of hydroxylamine groups is 2. The molecule has 26 heteroatoms. The molecule has 2 aromatic rings. The Hall–Kier alpha value is -5.38. The highest BCUT2D eigenvalue weighted by molar-refractivity contribution is 7.78. The van der Waals surface area contributed by atoms with Crippen LogP contribution in [0.1, 0.15) is 121 Å². The number of nitrogens with zero attached hydrogens (tertiary/aromatic N) is 4. The van der Waals surface area contributed by atoms with Crippen molar-refractivity contribution >= 4 is 66.0 Å². The van der Waals surface area contributed by atoms with Crippen molar-refractivity contribution < 1.29 is 71.6 Å². The zero-order chi connectivity index (χ0) is 55.2. The van der Waals surface area contributed by atoms with E-state index in [4.69, 9.17) is 39.9 Å². The first-order valence-corrected chi connectivity index (χ1v) is 24.8. The highest BCUT2D eigenvalue weighted by atomic mass is 32.1. The first-order valence-electron chi connectivity index (χ1n) is 24.4. The number of ether oxygens (including phenoxy) is 7.